The largest absolute Gasteiger partial charge is 0.468 e. The van der Waals surface area contributed by atoms with E-state index in [-0.39, 0.29) is 18.6 Å². The van der Waals surface area contributed by atoms with Gasteiger partial charge in [0.1, 0.15) is 11.6 Å². The molecule has 3 rings (SSSR count). The molecule has 1 saturated heterocycles. The first-order chi connectivity index (χ1) is 14.3. The summed E-state index contributed by atoms with van der Waals surface area (Å²) in [6.45, 7) is 6.71. The zero-order chi connectivity index (χ0) is 21.7. The molecule has 0 radical (unpaired) electrons. The number of nitrogens with zero attached hydrogens (tertiary/aromatic N) is 2. The molecule has 2 aromatic rings. The van der Waals surface area contributed by atoms with Crippen molar-refractivity contribution >= 4 is 12.1 Å². The second-order valence-corrected chi connectivity index (χ2v) is 8.43. The molecule has 1 amide bonds. The number of carbonyl (C=O) groups is 2. The van der Waals surface area contributed by atoms with E-state index in [1.54, 1.807) is 4.90 Å². The summed E-state index contributed by atoms with van der Waals surface area (Å²) >= 11 is 0. The first-order valence-corrected chi connectivity index (χ1v) is 10.2. The lowest BCUT2D eigenvalue weighted by Crippen LogP contribution is -2.59. The van der Waals surface area contributed by atoms with Gasteiger partial charge in [0.05, 0.1) is 19.7 Å². The van der Waals surface area contributed by atoms with Gasteiger partial charge < -0.3 is 14.4 Å². The first kappa shape index (κ1) is 21.8. The number of carbonyl (C=O) groups excluding carboxylic acids is 2. The number of ether oxygens (including phenoxy) is 2. The molecule has 1 aliphatic heterocycles. The first-order valence-electron chi connectivity index (χ1n) is 10.2. The van der Waals surface area contributed by atoms with Crippen LogP contribution in [-0.2, 0) is 14.3 Å². The van der Waals surface area contributed by atoms with Gasteiger partial charge in [0, 0.05) is 13.1 Å². The summed E-state index contributed by atoms with van der Waals surface area (Å²) in [6, 6.07) is 19.5. The maximum absolute atomic E-state index is 12.8. The fraction of sp³-hybridized carbons (Fsp3) is 0.417. The Labute approximate surface area is 178 Å². The summed E-state index contributed by atoms with van der Waals surface area (Å²) in [5.74, 6) is -0.361. The monoisotopic (exact) mass is 410 g/mol. The van der Waals surface area contributed by atoms with Crippen molar-refractivity contribution in [1.82, 2.24) is 9.80 Å². The number of methoxy groups -OCH3 is 1. The Balaban J connectivity index is 1.93. The minimum atomic E-state index is -0.596. The average molecular weight is 411 g/mol. The summed E-state index contributed by atoms with van der Waals surface area (Å²) in [5.41, 5.74) is 1.58. The van der Waals surface area contributed by atoms with E-state index in [9.17, 15) is 9.59 Å². The van der Waals surface area contributed by atoms with E-state index in [4.69, 9.17) is 9.47 Å². The van der Waals surface area contributed by atoms with Gasteiger partial charge in [0.15, 0.2) is 0 Å². The van der Waals surface area contributed by atoms with Crippen LogP contribution in [0.3, 0.4) is 0 Å². The standard InChI is InChI=1S/C24H30N2O4/c1-24(2,3)30-23(28)25-15-16-26(20(17-25)22(27)29-4)21(18-11-7-5-8-12-18)19-13-9-6-10-14-19/h5-14,20-21H,15-17H2,1-4H3/t20-/m1/s1. The molecule has 1 fully saturated rings. The van der Waals surface area contributed by atoms with E-state index in [2.05, 4.69) is 29.2 Å². The van der Waals surface area contributed by atoms with Crippen molar-refractivity contribution in [1.29, 1.82) is 0 Å². The molecule has 160 valence electrons. The molecule has 30 heavy (non-hydrogen) atoms. The van der Waals surface area contributed by atoms with Gasteiger partial charge in [-0.3, -0.25) is 9.69 Å². The van der Waals surface area contributed by atoms with Crippen molar-refractivity contribution in [2.75, 3.05) is 26.7 Å². The second-order valence-electron chi connectivity index (χ2n) is 8.43. The lowest BCUT2D eigenvalue weighted by Gasteiger charge is -2.44. The highest BCUT2D eigenvalue weighted by molar-refractivity contribution is 5.78. The van der Waals surface area contributed by atoms with Gasteiger partial charge >= 0.3 is 12.1 Å². The van der Waals surface area contributed by atoms with Crippen LogP contribution in [0.5, 0.6) is 0 Å². The van der Waals surface area contributed by atoms with Crippen LogP contribution in [0.15, 0.2) is 60.7 Å². The fourth-order valence-corrected chi connectivity index (χ4v) is 3.79. The molecular formula is C24H30N2O4. The highest BCUT2D eigenvalue weighted by Gasteiger charge is 2.40. The van der Waals surface area contributed by atoms with E-state index in [0.29, 0.717) is 13.1 Å². The van der Waals surface area contributed by atoms with Gasteiger partial charge in [-0.1, -0.05) is 60.7 Å². The number of hydrogen-bond acceptors (Lipinski definition) is 5. The number of benzene rings is 2. The predicted octanol–water partition coefficient (Wildman–Crippen LogP) is 3.87. The number of piperazine rings is 1. The topological polar surface area (TPSA) is 59.1 Å². The lowest BCUT2D eigenvalue weighted by atomic mass is 9.94. The van der Waals surface area contributed by atoms with Crippen LogP contribution in [0.2, 0.25) is 0 Å². The maximum atomic E-state index is 12.8. The van der Waals surface area contributed by atoms with Crippen LogP contribution in [0.1, 0.15) is 37.9 Å². The van der Waals surface area contributed by atoms with E-state index in [1.807, 2.05) is 57.2 Å². The van der Waals surface area contributed by atoms with Crippen LogP contribution in [0.25, 0.3) is 0 Å². The molecule has 1 atom stereocenters. The van der Waals surface area contributed by atoms with Gasteiger partial charge in [-0.15, -0.1) is 0 Å². The summed E-state index contributed by atoms with van der Waals surface area (Å²) in [6.07, 6.45) is -0.410. The maximum Gasteiger partial charge on any atom is 0.410 e. The quantitative estimate of drug-likeness (QED) is 0.716. The summed E-state index contributed by atoms with van der Waals surface area (Å²) in [4.78, 5) is 29.1. The van der Waals surface area contributed by atoms with Crippen LogP contribution in [-0.4, -0.2) is 60.2 Å². The predicted molar refractivity (Wildman–Crippen MR) is 115 cm³/mol. The van der Waals surface area contributed by atoms with Gasteiger partial charge in [-0.05, 0) is 31.9 Å². The Kier molecular flexibility index (Phi) is 6.77. The molecule has 0 bridgehead atoms. The van der Waals surface area contributed by atoms with Crippen molar-refractivity contribution in [2.45, 2.75) is 38.5 Å². The molecule has 0 spiro atoms. The SMILES string of the molecule is COC(=O)[C@H]1CN(C(=O)OC(C)(C)C)CCN1C(c1ccccc1)c1ccccc1. The second kappa shape index (κ2) is 9.30. The number of esters is 1. The zero-order valence-electron chi connectivity index (χ0n) is 18.1. The summed E-state index contributed by atoms with van der Waals surface area (Å²) in [5, 5.41) is 0. The molecule has 6 nitrogen and oxygen atoms in total. The van der Waals surface area contributed by atoms with Crippen molar-refractivity contribution in [3.05, 3.63) is 71.8 Å². The molecule has 0 aromatic heterocycles. The Morgan fingerprint density at radius 3 is 1.93 bits per heavy atom. The third-order valence-electron chi connectivity index (χ3n) is 5.11. The molecule has 0 saturated carbocycles. The van der Waals surface area contributed by atoms with Crippen molar-refractivity contribution in [3.8, 4) is 0 Å². The van der Waals surface area contributed by atoms with E-state index in [1.165, 1.54) is 7.11 Å². The molecule has 0 aliphatic carbocycles. The molecule has 2 aromatic carbocycles. The lowest BCUT2D eigenvalue weighted by molar-refractivity contribution is -0.150. The molecular weight excluding hydrogens is 380 g/mol. The average Bonchev–Trinajstić information content (AvgIpc) is 2.74. The van der Waals surface area contributed by atoms with Gasteiger partial charge in [-0.25, -0.2) is 4.79 Å². The summed E-state index contributed by atoms with van der Waals surface area (Å²) < 4.78 is 10.6. The summed E-state index contributed by atoms with van der Waals surface area (Å²) in [7, 11) is 1.38. The Hall–Kier alpha value is -2.86. The van der Waals surface area contributed by atoms with Crippen molar-refractivity contribution in [3.63, 3.8) is 0 Å². The zero-order valence-corrected chi connectivity index (χ0v) is 18.1. The van der Waals surface area contributed by atoms with Crippen LogP contribution < -0.4 is 0 Å². The van der Waals surface area contributed by atoms with Crippen molar-refractivity contribution < 1.29 is 19.1 Å². The molecule has 1 heterocycles. The normalized spacial score (nSPS) is 17.6. The third kappa shape index (κ3) is 5.19. The Morgan fingerprint density at radius 2 is 1.47 bits per heavy atom. The minimum absolute atomic E-state index is 0.128. The number of hydrogen-bond donors (Lipinski definition) is 0. The Morgan fingerprint density at radius 1 is 0.933 bits per heavy atom. The smallest absolute Gasteiger partial charge is 0.410 e. The molecule has 6 heteroatoms. The number of rotatable bonds is 4. The van der Waals surface area contributed by atoms with Crippen LogP contribution >= 0.6 is 0 Å². The fourth-order valence-electron chi connectivity index (χ4n) is 3.79. The van der Waals surface area contributed by atoms with E-state index < -0.39 is 17.7 Å². The highest BCUT2D eigenvalue weighted by Crippen LogP contribution is 2.32. The van der Waals surface area contributed by atoms with Crippen LogP contribution in [0, 0.1) is 0 Å². The third-order valence-corrected chi connectivity index (χ3v) is 5.11. The molecule has 0 N–H and O–H groups in total. The van der Waals surface area contributed by atoms with Gasteiger partial charge in [0.25, 0.3) is 0 Å². The number of amides is 1. The minimum Gasteiger partial charge on any atom is -0.468 e. The molecule has 1 aliphatic rings. The highest BCUT2D eigenvalue weighted by atomic mass is 16.6. The van der Waals surface area contributed by atoms with Gasteiger partial charge in [0.2, 0.25) is 0 Å². The van der Waals surface area contributed by atoms with Crippen LogP contribution in [0.4, 0.5) is 4.79 Å². The Bertz CT molecular complexity index is 809. The van der Waals surface area contributed by atoms with Gasteiger partial charge in [-0.2, -0.15) is 0 Å². The molecule has 0 unspecified atom stereocenters. The van der Waals surface area contributed by atoms with E-state index in [0.717, 1.165) is 11.1 Å². The van der Waals surface area contributed by atoms with Crippen molar-refractivity contribution in [2.24, 2.45) is 0 Å². The van der Waals surface area contributed by atoms with E-state index >= 15 is 0 Å².